The number of ether oxygens (including phenoxy) is 1. The van der Waals surface area contributed by atoms with Crippen LogP contribution in [0.5, 0.6) is 0 Å². The Balaban J connectivity index is 2.50. The number of rotatable bonds is 6. The average molecular weight is 292 g/mol. The molecule has 0 aliphatic carbocycles. The van der Waals surface area contributed by atoms with Crippen molar-refractivity contribution in [2.75, 3.05) is 31.8 Å². The lowest BCUT2D eigenvalue weighted by Crippen LogP contribution is -2.52. The van der Waals surface area contributed by atoms with E-state index in [1.807, 2.05) is 0 Å². The minimum atomic E-state index is -0.826. The number of nitrogens with one attached hydrogen (secondary N) is 1. The summed E-state index contributed by atoms with van der Waals surface area (Å²) in [5, 5.41) is 2.83. The zero-order chi connectivity index (χ0) is 13.6. The van der Waals surface area contributed by atoms with Crippen molar-refractivity contribution in [3.63, 3.8) is 0 Å². The Kier molecular flexibility index (Phi) is 6.17. The van der Waals surface area contributed by atoms with Crippen LogP contribution in [-0.4, -0.2) is 46.9 Å². The third kappa shape index (κ3) is 4.00. The molecule has 1 unspecified atom stereocenters. The first kappa shape index (κ1) is 15.5. The monoisotopic (exact) mass is 292 g/mol. The van der Waals surface area contributed by atoms with Crippen LogP contribution in [-0.2, 0) is 20.3 Å². The van der Waals surface area contributed by atoms with Crippen LogP contribution in [0.2, 0.25) is 0 Å². The first-order valence-electron chi connectivity index (χ1n) is 5.95. The van der Waals surface area contributed by atoms with Crippen molar-refractivity contribution in [2.24, 2.45) is 11.1 Å². The Morgan fingerprint density at radius 2 is 2.11 bits per heavy atom. The molecule has 0 saturated carbocycles. The topological polar surface area (TPSA) is 81.4 Å². The van der Waals surface area contributed by atoms with E-state index in [9.17, 15) is 9.00 Å². The Labute approximate surface area is 115 Å². The number of amides is 1. The van der Waals surface area contributed by atoms with Gasteiger partial charge in [0, 0.05) is 42.6 Å². The van der Waals surface area contributed by atoms with Gasteiger partial charge in [0.15, 0.2) is 0 Å². The maximum Gasteiger partial charge on any atom is 0.233 e. The van der Waals surface area contributed by atoms with Crippen molar-refractivity contribution in [1.82, 2.24) is 5.32 Å². The fourth-order valence-corrected chi connectivity index (χ4v) is 2.80. The van der Waals surface area contributed by atoms with Crippen LogP contribution in [0.25, 0.3) is 0 Å². The van der Waals surface area contributed by atoms with Crippen molar-refractivity contribution >= 4 is 33.9 Å². The lowest BCUT2D eigenvalue weighted by molar-refractivity contribution is -0.131. The predicted octanol–water partition coefficient (Wildman–Crippen LogP) is -0.0459. The van der Waals surface area contributed by atoms with Crippen molar-refractivity contribution in [3.05, 3.63) is 0 Å². The molecule has 1 rings (SSSR count). The zero-order valence-corrected chi connectivity index (χ0v) is 12.2. The molecule has 0 bridgehead atoms. The first-order chi connectivity index (χ1) is 8.49. The normalized spacial score (nSPS) is 20.1. The molecule has 0 aromatic carbocycles. The van der Waals surface area contributed by atoms with Crippen LogP contribution < -0.4 is 11.1 Å². The minimum Gasteiger partial charge on any atom is -0.392 e. The van der Waals surface area contributed by atoms with Gasteiger partial charge < -0.3 is 15.8 Å². The summed E-state index contributed by atoms with van der Waals surface area (Å²) in [6, 6.07) is 0. The molecule has 104 valence electrons. The van der Waals surface area contributed by atoms with Crippen LogP contribution in [0.15, 0.2) is 0 Å². The molecule has 18 heavy (non-hydrogen) atoms. The Morgan fingerprint density at radius 1 is 1.50 bits per heavy atom. The van der Waals surface area contributed by atoms with Crippen molar-refractivity contribution < 1.29 is 13.7 Å². The van der Waals surface area contributed by atoms with Crippen molar-refractivity contribution in [2.45, 2.75) is 19.3 Å². The quantitative estimate of drug-likeness (QED) is 0.530. The van der Waals surface area contributed by atoms with Gasteiger partial charge in [-0.1, -0.05) is 12.2 Å². The van der Waals surface area contributed by atoms with Crippen LogP contribution in [0.4, 0.5) is 0 Å². The van der Waals surface area contributed by atoms with Gasteiger partial charge in [-0.15, -0.1) is 0 Å². The third-order valence-electron chi connectivity index (χ3n) is 3.15. The summed E-state index contributed by atoms with van der Waals surface area (Å²) >= 11 is 5.04. The van der Waals surface area contributed by atoms with E-state index in [1.165, 1.54) is 0 Å². The third-order valence-corrected chi connectivity index (χ3v) is 4.40. The van der Waals surface area contributed by atoms with Gasteiger partial charge in [-0.2, -0.15) is 0 Å². The van der Waals surface area contributed by atoms with Gasteiger partial charge in [0.05, 0.1) is 4.99 Å². The molecule has 1 fully saturated rings. The number of thiocarbonyl (C=S) groups is 1. The van der Waals surface area contributed by atoms with Gasteiger partial charge in [-0.25, -0.2) is 0 Å². The predicted molar refractivity (Wildman–Crippen MR) is 75.8 cm³/mol. The van der Waals surface area contributed by atoms with E-state index in [2.05, 4.69) is 5.32 Å². The Bertz CT molecular complexity index is 341. The van der Waals surface area contributed by atoms with Gasteiger partial charge in [-0.3, -0.25) is 9.00 Å². The molecule has 7 heteroatoms. The van der Waals surface area contributed by atoms with E-state index in [-0.39, 0.29) is 10.9 Å². The number of hydrogen-bond acceptors (Lipinski definition) is 4. The Hall–Kier alpha value is -0.530. The molecular formula is C11H20N2O3S2. The largest absolute Gasteiger partial charge is 0.392 e. The first-order valence-corrected chi connectivity index (χ1v) is 8.08. The van der Waals surface area contributed by atoms with Gasteiger partial charge in [-0.05, 0) is 19.3 Å². The highest BCUT2D eigenvalue weighted by atomic mass is 32.2. The molecule has 1 aliphatic rings. The van der Waals surface area contributed by atoms with Crippen LogP contribution in [0, 0.1) is 5.41 Å². The lowest BCUT2D eigenvalue weighted by Gasteiger charge is -2.34. The fourth-order valence-electron chi connectivity index (χ4n) is 1.95. The second kappa shape index (κ2) is 7.16. The van der Waals surface area contributed by atoms with Crippen LogP contribution in [0.3, 0.4) is 0 Å². The summed E-state index contributed by atoms with van der Waals surface area (Å²) in [5.74, 6) is 0.462. The molecule has 0 aromatic heterocycles. The summed E-state index contributed by atoms with van der Waals surface area (Å²) < 4.78 is 16.1. The number of hydrogen-bond donors (Lipinski definition) is 2. The molecule has 0 radical (unpaired) electrons. The van der Waals surface area contributed by atoms with E-state index < -0.39 is 16.2 Å². The second-order valence-corrected chi connectivity index (χ2v) is 6.44. The second-order valence-electron chi connectivity index (χ2n) is 4.45. The molecule has 0 spiro atoms. The Morgan fingerprint density at radius 3 is 2.61 bits per heavy atom. The summed E-state index contributed by atoms with van der Waals surface area (Å²) in [6.07, 6.45) is 3.41. The van der Waals surface area contributed by atoms with E-state index in [0.29, 0.717) is 44.8 Å². The molecule has 1 amide bonds. The SMILES string of the molecule is CS(=O)CCCNC(=O)C1(C(N)=S)CCOCC1. The molecular weight excluding hydrogens is 272 g/mol. The molecule has 1 saturated heterocycles. The highest BCUT2D eigenvalue weighted by Crippen LogP contribution is 2.31. The van der Waals surface area contributed by atoms with E-state index >= 15 is 0 Å². The fraction of sp³-hybridized carbons (Fsp3) is 0.818. The number of nitrogens with two attached hydrogens (primary N) is 1. The number of carbonyl (C=O) groups is 1. The van der Waals surface area contributed by atoms with Crippen LogP contribution >= 0.6 is 12.2 Å². The summed E-state index contributed by atoms with van der Waals surface area (Å²) in [5.41, 5.74) is 4.96. The molecule has 1 heterocycles. The van der Waals surface area contributed by atoms with Crippen molar-refractivity contribution in [3.8, 4) is 0 Å². The highest BCUT2D eigenvalue weighted by molar-refractivity contribution is 7.84. The van der Waals surface area contributed by atoms with Gasteiger partial charge in [0.25, 0.3) is 0 Å². The summed E-state index contributed by atoms with van der Waals surface area (Å²) in [6.45, 7) is 1.51. The highest BCUT2D eigenvalue weighted by Gasteiger charge is 2.42. The average Bonchev–Trinajstić information content (AvgIpc) is 2.34. The van der Waals surface area contributed by atoms with Crippen LogP contribution in [0.1, 0.15) is 19.3 Å². The molecule has 1 aliphatic heterocycles. The molecule has 5 nitrogen and oxygen atoms in total. The smallest absolute Gasteiger partial charge is 0.233 e. The van der Waals surface area contributed by atoms with E-state index in [0.717, 1.165) is 0 Å². The zero-order valence-electron chi connectivity index (χ0n) is 10.6. The van der Waals surface area contributed by atoms with E-state index in [1.54, 1.807) is 6.26 Å². The lowest BCUT2D eigenvalue weighted by atomic mass is 9.79. The van der Waals surface area contributed by atoms with E-state index in [4.69, 9.17) is 22.7 Å². The van der Waals surface area contributed by atoms with Gasteiger partial charge in [0.1, 0.15) is 5.41 Å². The summed E-state index contributed by atoms with van der Waals surface area (Å²) in [7, 11) is -0.826. The minimum absolute atomic E-state index is 0.125. The molecule has 3 N–H and O–H groups in total. The number of carbonyl (C=O) groups excluding carboxylic acids is 1. The van der Waals surface area contributed by atoms with Gasteiger partial charge in [0.2, 0.25) is 5.91 Å². The standard InChI is InChI=1S/C11H20N2O3S2/c1-18(15)8-2-5-13-10(14)11(9(12)17)3-6-16-7-4-11/h2-8H2,1H3,(H2,12,17)(H,13,14). The molecule has 0 aromatic rings. The maximum atomic E-state index is 12.2. The van der Waals surface area contributed by atoms with Gasteiger partial charge >= 0.3 is 0 Å². The summed E-state index contributed by atoms with van der Waals surface area (Å²) in [4.78, 5) is 12.4. The maximum absolute atomic E-state index is 12.2. The molecule has 1 atom stereocenters. The van der Waals surface area contributed by atoms with Crippen molar-refractivity contribution in [1.29, 1.82) is 0 Å².